The Labute approximate surface area is 123 Å². The zero-order chi connectivity index (χ0) is 14.5. The maximum atomic E-state index is 13.0. The molecule has 2 nitrogen and oxygen atoms in total. The van der Waals surface area contributed by atoms with Crippen molar-refractivity contribution in [2.24, 2.45) is 11.3 Å². The fourth-order valence-electron chi connectivity index (χ4n) is 3.47. The van der Waals surface area contributed by atoms with Crippen LogP contribution in [0.3, 0.4) is 0 Å². The zero-order valence-corrected chi connectivity index (χ0v) is 13.8. The molecular formula is C16H30ClNO. The van der Waals surface area contributed by atoms with Crippen molar-refractivity contribution in [3.8, 4) is 0 Å². The average molecular weight is 288 g/mol. The van der Waals surface area contributed by atoms with Crippen LogP contribution in [0.1, 0.15) is 66.2 Å². The first-order valence-corrected chi connectivity index (χ1v) is 8.33. The molecular weight excluding hydrogens is 258 g/mol. The first-order valence-electron chi connectivity index (χ1n) is 7.80. The standard InChI is InChI=1S/C16H30ClNO/c1-13(2)12-16(8-5-6-9-16)15(19)18(14(3)4)11-7-10-17/h13-14H,5-12H2,1-4H3. The lowest BCUT2D eigenvalue weighted by Gasteiger charge is -2.37. The van der Waals surface area contributed by atoms with Crippen LogP contribution in [0.5, 0.6) is 0 Å². The quantitative estimate of drug-likeness (QED) is 0.633. The lowest BCUT2D eigenvalue weighted by molar-refractivity contribution is -0.144. The third kappa shape index (κ3) is 4.37. The monoisotopic (exact) mass is 287 g/mol. The molecule has 0 radical (unpaired) electrons. The van der Waals surface area contributed by atoms with E-state index >= 15 is 0 Å². The van der Waals surface area contributed by atoms with Crippen LogP contribution in [-0.2, 0) is 4.79 Å². The van der Waals surface area contributed by atoms with Crippen LogP contribution < -0.4 is 0 Å². The summed E-state index contributed by atoms with van der Waals surface area (Å²) in [7, 11) is 0. The fraction of sp³-hybridized carbons (Fsp3) is 0.938. The lowest BCUT2D eigenvalue weighted by atomic mass is 9.77. The number of carbonyl (C=O) groups excluding carboxylic acids is 1. The summed E-state index contributed by atoms with van der Waals surface area (Å²) in [5, 5.41) is 0. The van der Waals surface area contributed by atoms with Gasteiger partial charge in [0, 0.05) is 23.9 Å². The second-order valence-corrected chi connectivity index (χ2v) is 7.10. The average Bonchev–Trinajstić information content (AvgIpc) is 2.77. The van der Waals surface area contributed by atoms with Crippen LogP contribution >= 0.6 is 11.6 Å². The number of alkyl halides is 1. The van der Waals surface area contributed by atoms with Crippen molar-refractivity contribution in [2.75, 3.05) is 12.4 Å². The molecule has 0 aromatic heterocycles. The Kier molecular flexibility index (Phi) is 6.65. The molecule has 0 aliphatic heterocycles. The Morgan fingerprint density at radius 2 is 1.79 bits per heavy atom. The van der Waals surface area contributed by atoms with Crippen molar-refractivity contribution in [3.05, 3.63) is 0 Å². The molecule has 0 N–H and O–H groups in total. The molecule has 0 atom stereocenters. The van der Waals surface area contributed by atoms with Gasteiger partial charge in [-0.1, -0.05) is 26.7 Å². The SMILES string of the molecule is CC(C)CC1(C(=O)N(CCCCl)C(C)C)CCCC1. The van der Waals surface area contributed by atoms with Gasteiger partial charge in [-0.3, -0.25) is 4.79 Å². The van der Waals surface area contributed by atoms with E-state index in [2.05, 4.69) is 32.6 Å². The highest BCUT2D eigenvalue weighted by molar-refractivity contribution is 6.17. The molecule has 1 aliphatic rings. The van der Waals surface area contributed by atoms with Gasteiger partial charge in [-0.25, -0.2) is 0 Å². The third-order valence-corrected chi connectivity index (χ3v) is 4.50. The van der Waals surface area contributed by atoms with Crippen molar-refractivity contribution >= 4 is 17.5 Å². The molecule has 1 saturated carbocycles. The van der Waals surface area contributed by atoms with Crippen LogP contribution in [0.4, 0.5) is 0 Å². The normalized spacial score (nSPS) is 18.3. The second kappa shape index (κ2) is 7.52. The third-order valence-electron chi connectivity index (χ3n) is 4.23. The number of carbonyl (C=O) groups is 1. The van der Waals surface area contributed by atoms with Crippen LogP contribution in [0.2, 0.25) is 0 Å². The minimum absolute atomic E-state index is 0.0786. The number of nitrogens with zero attached hydrogens (tertiary/aromatic N) is 1. The minimum Gasteiger partial charge on any atom is -0.340 e. The highest BCUT2D eigenvalue weighted by Crippen LogP contribution is 2.45. The van der Waals surface area contributed by atoms with Crippen LogP contribution in [0.15, 0.2) is 0 Å². The van der Waals surface area contributed by atoms with Gasteiger partial charge in [-0.05, 0) is 45.4 Å². The van der Waals surface area contributed by atoms with E-state index in [1.807, 2.05) is 0 Å². The molecule has 112 valence electrons. The molecule has 1 aliphatic carbocycles. The Morgan fingerprint density at radius 3 is 2.21 bits per heavy atom. The smallest absolute Gasteiger partial charge is 0.229 e. The lowest BCUT2D eigenvalue weighted by Crippen LogP contribution is -2.47. The minimum atomic E-state index is -0.0786. The number of amides is 1. The first-order chi connectivity index (χ1) is 8.93. The maximum absolute atomic E-state index is 13.0. The van der Waals surface area contributed by atoms with Gasteiger partial charge in [-0.15, -0.1) is 11.6 Å². The molecule has 0 aromatic rings. The number of hydrogen-bond acceptors (Lipinski definition) is 1. The Hall–Kier alpha value is -0.240. The van der Waals surface area contributed by atoms with E-state index in [0.29, 0.717) is 17.7 Å². The molecule has 0 bridgehead atoms. The molecule has 1 amide bonds. The van der Waals surface area contributed by atoms with Gasteiger partial charge in [0.2, 0.25) is 5.91 Å². The predicted octanol–water partition coefficient (Wildman–Crippen LogP) is 4.46. The van der Waals surface area contributed by atoms with Gasteiger partial charge in [-0.2, -0.15) is 0 Å². The first kappa shape index (κ1) is 16.8. The summed E-state index contributed by atoms with van der Waals surface area (Å²) in [4.78, 5) is 15.1. The topological polar surface area (TPSA) is 20.3 Å². The summed E-state index contributed by atoms with van der Waals surface area (Å²) >= 11 is 5.80. The number of rotatable bonds is 7. The molecule has 0 spiro atoms. The summed E-state index contributed by atoms with van der Waals surface area (Å²) in [5.74, 6) is 1.61. The van der Waals surface area contributed by atoms with E-state index in [4.69, 9.17) is 11.6 Å². The van der Waals surface area contributed by atoms with Gasteiger partial charge in [0.1, 0.15) is 0 Å². The van der Waals surface area contributed by atoms with Gasteiger partial charge in [0.25, 0.3) is 0 Å². The zero-order valence-electron chi connectivity index (χ0n) is 13.0. The van der Waals surface area contributed by atoms with Crippen molar-refractivity contribution in [3.63, 3.8) is 0 Å². The summed E-state index contributed by atoms with van der Waals surface area (Å²) < 4.78 is 0. The Balaban J connectivity index is 2.84. The second-order valence-electron chi connectivity index (χ2n) is 6.72. The molecule has 0 aromatic carbocycles. The van der Waals surface area contributed by atoms with E-state index in [-0.39, 0.29) is 11.5 Å². The summed E-state index contributed by atoms with van der Waals surface area (Å²) in [6.07, 6.45) is 6.50. The molecule has 1 rings (SSSR count). The Bertz CT molecular complexity index is 282. The molecule has 0 heterocycles. The van der Waals surface area contributed by atoms with Gasteiger partial charge < -0.3 is 4.90 Å². The van der Waals surface area contributed by atoms with Crippen molar-refractivity contribution in [1.82, 2.24) is 4.90 Å². The van der Waals surface area contributed by atoms with Crippen molar-refractivity contribution < 1.29 is 4.79 Å². The van der Waals surface area contributed by atoms with Crippen molar-refractivity contribution in [1.29, 1.82) is 0 Å². The summed E-state index contributed by atoms with van der Waals surface area (Å²) in [5.41, 5.74) is -0.0786. The van der Waals surface area contributed by atoms with Gasteiger partial charge >= 0.3 is 0 Å². The van der Waals surface area contributed by atoms with Crippen LogP contribution in [0.25, 0.3) is 0 Å². The molecule has 3 heteroatoms. The van der Waals surface area contributed by atoms with E-state index in [0.717, 1.165) is 32.2 Å². The molecule has 0 unspecified atom stereocenters. The fourth-order valence-corrected chi connectivity index (χ4v) is 3.59. The van der Waals surface area contributed by atoms with E-state index < -0.39 is 0 Å². The highest BCUT2D eigenvalue weighted by Gasteiger charge is 2.43. The number of hydrogen-bond donors (Lipinski definition) is 0. The molecule has 19 heavy (non-hydrogen) atoms. The van der Waals surface area contributed by atoms with Crippen LogP contribution in [0, 0.1) is 11.3 Å². The Morgan fingerprint density at radius 1 is 1.21 bits per heavy atom. The largest absolute Gasteiger partial charge is 0.340 e. The molecule has 0 saturated heterocycles. The van der Waals surface area contributed by atoms with E-state index in [1.165, 1.54) is 12.8 Å². The van der Waals surface area contributed by atoms with E-state index in [1.54, 1.807) is 0 Å². The van der Waals surface area contributed by atoms with Gasteiger partial charge in [0.05, 0.1) is 0 Å². The summed E-state index contributed by atoms with van der Waals surface area (Å²) in [6, 6.07) is 0.278. The van der Waals surface area contributed by atoms with Crippen LogP contribution in [-0.4, -0.2) is 29.3 Å². The van der Waals surface area contributed by atoms with Gasteiger partial charge in [0.15, 0.2) is 0 Å². The number of halogens is 1. The van der Waals surface area contributed by atoms with Crippen molar-refractivity contribution in [2.45, 2.75) is 72.3 Å². The maximum Gasteiger partial charge on any atom is 0.229 e. The molecule has 1 fully saturated rings. The van der Waals surface area contributed by atoms with E-state index in [9.17, 15) is 4.79 Å². The summed E-state index contributed by atoms with van der Waals surface area (Å²) in [6.45, 7) is 9.49. The highest BCUT2D eigenvalue weighted by atomic mass is 35.5. The predicted molar refractivity (Wildman–Crippen MR) is 82.5 cm³/mol.